The minimum atomic E-state index is -0.489. The monoisotopic (exact) mass is 339 g/mol. The summed E-state index contributed by atoms with van der Waals surface area (Å²) in [7, 11) is 0. The Morgan fingerprint density at radius 3 is 2.40 bits per heavy atom. The maximum Gasteiger partial charge on any atom is 0.248 e. The molecule has 1 unspecified atom stereocenters. The van der Waals surface area contributed by atoms with Crippen LogP contribution < -0.4 is 16.4 Å². The van der Waals surface area contributed by atoms with Gasteiger partial charge in [-0.2, -0.15) is 0 Å². The largest absolute Gasteiger partial charge is 0.376 e. The second-order valence-corrected chi connectivity index (χ2v) is 6.13. The van der Waals surface area contributed by atoms with E-state index in [1.54, 1.807) is 18.2 Å². The van der Waals surface area contributed by atoms with E-state index < -0.39 is 5.91 Å². The molecule has 5 nitrogen and oxygen atoms in total. The van der Waals surface area contributed by atoms with Gasteiger partial charge in [0.2, 0.25) is 11.8 Å². The zero-order valence-corrected chi connectivity index (χ0v) is 14.9. The third kappa shape index (κ3) is 5.08. The van der Waals surface area contributed by atoms with Gasteiger partial charge in [-0.05, 0) is 49.1 Å². The standard InChI is InChI=1S/C20H25N3O2/c1-4-15-6-9-16(10-7-15)14(3)23-19(24)12-22-18-11-17(20(21)25)8-5-13(18)2/h5-11,14,22H,4,12H2,1-3H3,(H2,21,25)(H,23,24). The summed E-state index contributed by atoms with van der Waals surface area (Å²) in [5.41, 5.74) is 9.72. The van der Waals surface area contributed by atoms with E-state index in [0.29, 0.717) is 5.56 Å². The number of carbonyl (C=O) groups excluding carboxylic acids is 2. The molecular formula is C20H25N3O2. The Balaban J connectivity index is 1.93. The van der Waals surface area contributed by atoms with E-state index in [0.717, 1.165) is 23.2 Å². The zero-order valence-electron chi connectivity index (χ0n) is 14.9. The lowest BCUT2D eigenvalue weighted by Gasteiger charge is -2.16. The molecule has 0 aromatic heterocycles. The normalized spacial score (nSPS) is 11.6. The van der Waals surface area contributed by atoms with E-state index in [2.05, 4.69) is 29.7 Å². The van der Waals surface area contributed by atoms with E-state index in [-0.39, 0.29) is 18.5 Å². The average Bonchev–Trinajstić information content (AvgIpc) is 2.60. The van der Waals surface area contributed by atoms with Crippen LogP contribution in [-0.4, -0.2) is 18.4 Å². The maximum atomic E-state index is 12.2. The summed E-state index contributed by atoms with van der Waals surface area (Å²) in [6.45, 7) is 6.10. The fourth-order valence-electron chi connectivity index (χ4n) is 2.56. The van der Waals surface area contributed by atoms with E-state index in [1.807, 2.05) is 26.0 Å². The van der Waals surface area contributed by atoms with Crippen LogP contribution in [0.15, 0.2) is 42.5 Å². The number of amides is 2. The summed E-state index contributed by atoms with van der Waals surface area (Å²) in [5, 5.41) is 6.03. The number of aryl methyl sites for hydroxylation is 2. The van der Waals surface area contributed by atoms with Gasteiger partial charge in [0.1, 0.15) is 0 Å². The SMILES string of the molecule is CCc1ccc(C(C)NC(=O)CNc2cc(C(N)=O)ccc2C)cc1. The quantitative estimate of drug-likeness (QED) is 0.725. The highest BCUT2D eigenvalue weighted by molar-refractivity contribution is 5.94. The molecule has 0 saturated carbocycles. The topological polar surface area (TPSA) is 84.2 Å². The first kappa shape index (κ1) is 18.5. The lowest BCUT2D eigenvalue weighted by molar-refractivity contribution is -0.120. The van der Waals surface area contributed by atoms with Crippen LogP contribution in [0.2, 0.25) is 0 Å². The molecule has 25 heavy (non-hydrogen) atoms. The molecule has 2 aromatic carbocycles. The van der Waals surface area contributed by atoms with Crippen molar-refractivity contribution in [2.45, 2.75) is 33.2 Å². The molecule has 0 aliphatic heterocycles. The number of carbonyl (C=O) groups is 2. The van der Waals surface area contributed by atoms with Crippen molar-refractivity contribution in [1.82, 2.24) is 5.32 Å². The second kappa shape index (κ2) is 8.33. The van der Waals surface area contributed by atoms with Gasteiger partial charge in [0.05, 0.1) is 12.6 Å². The Labute approximate surface area is 148 Å². The lowest BCUT2D eigenvalue weighted by Crippen LogP contribution is -2.32. The molecule has 1 atom stereocenters. The Morgan fingerprint density at radius 2 is 1.80 bits per heavy atom. The summed E-state index contributed by atoms with van der Waals surface area (Å²) >= 11 is 0. The molecule has 2 amide bonds. The van der Waals surface area contributed by atoms with Gasteiger partial charge in [-0.1, -0.05) is 37.3 Å². The van der Waals surface area contributed by atoms with Crippen LogP contribution in [0.25, 0.3) is 0 Å². The molecular weight excluding hydrogens is 314 g/mol. The van der Waals surface area contributed by atoms with Crippen molar-refractivity contribution in [1.29, 1.82) is 0 Å². The maximum absolute atomic E-state index is 12.2. The molecule has 0 saturated heterocycles. The molecule has 132 valence electrons. The van der Waals surface area contributed by atoms with Crippen LogP contribution in [0.1, 0.15) is 46.9 Å². The number of nitrogens with one attached hydrogen (secondary N) is 2. The van der Waals surface area contributed by atoms with E-state index in [9.17, 15) is 9.59 Å². The minimum Gasteiger partial charge on any atom is -0.376 e. The Hall–Kier alpha value is -2.82. The zero-order chi connectivity index (χ0) is 18.4. The van der Waals surface area contributed by atoms with Gasteiger partial charge in [-0.25, -0.2) is 0 Å². The van der Waals surface area contributed by atoms with Crippen LogP contribution in [0.3, 0.4) is 0 Å². The first-order valence-corrected chi connectivity index (χ1v) is 8.43. The molecule has 0 aliphatic carbocycles. The predicted octanol–water partition coefficient (Wildman–Crippen LogP) is 2.95. The second-order valence-electron chi connectivity index (χ2n) is 6.13. The minimum absolute atomic E-state index is 0.0711. The number of anilines is 1. The summed E-state index contributed by atoms with van der Waals surface area (Å²) in [6, 6.07) is 13.3. The van der Waals surface area contributed by atoms with Gasteiger partial charge in [0.25, 0.3) is 0 Å². The molecule has 5 heteroatoms. The third-order valence-corrected chi connectivity index (χ3v) is 4.23. The smallest absolute Gasteiger partial charge is 0.248 e. The Bertz CT molecular complexity index is 754. The van der Waals surface area contributed by atoms with Crippen molar-refractivity contribution in [3.8, 4) is 0 Å². The molecule has 0 radical (unpaired) electrons. The van der Waals surface area contributed by atoms with Crippen molar-refractivity contribution in [3.05, 3.63) is 64.7 Å². The summed E-state index contributed by atoms with van der Waals surface area (Å²) < 4.78 is 0. The van der Waals surface area contributed by atoms with Crippen LogP contribution in [0, 0.1) is 6.92 Å². The molecule has 2 aromatic rings. The molecule has 2 rings (SSSR count). The molecule has 0 fully saturated rings. The number of rotatable bonds is 7. The van der Waals surface area contributed by atoms with Crippen molar-refractivity contribution in [2.75, 3.05) is 11.9 Å². The molecule has 0 spiro atoms. The highest BCUT2D eigenvalue weighted by atomic mass is 16.2. The number of benzene rings is 2. The van der Waals surface area contributed by atoms with Crippen LogP contribution in [0.4, 0.5) is 5.69 Å². The van der Waals surface area contributed by atoms with E-state index in [4.69, 9.17) is 5.73 Å². The van der Waals surface area contributed by atoms with Crippen LogP contribution in [0.5, 0.6) is 0 Å². The van der Waals surface area contributed by atoms with Gasteiger partial charge in [0.15, 0.2) is 0 Å². The lowest BCUT2D eigenvalue weighted by atomic mass is 10.0. The van der Waals surface area contributed by atoms with Crippen LogP contribution >= 0.6 is 0 Å². The summed E-state index contributed by atoms with van der Waals surface area (Å²) in [4.78, 5) is 23.5. The highest BCUT2D eigenvalue weighted by Crippen LogP contribution is 2.17. The van der Waals surface area contributed by atoms with Crippen LogP contribution in [-0.2, 0) is 11.2 Å². The van der Waals surface area contributed by atoms with Crippen molar-refractivity contribution in [3.63, 3.8) is 0 Å². The number of hydrogen-bond acceptors (Lipinski definition) is 3. The Morgan fingerprint density at radius 1 is 1.12 bits per heavy atom. The summed E-state index contributed by atoms with van der Waals surface area (Å²) in [5.74, 6) is -0.604. The van der Waals surface area contributed by atoms with Gasteiger partial charge >= 0.3 is 0 Å². The molecule has 0 heterocycles. The predicted molar refractivity (Wildman–Crippen MR) is 101 cm³/mol. The van der Waals surface area contributed by atoms with E-state index >= 15 is 0 Å². The number of hydrogen-bond donors (Lipinski definition) is 3. The fourth-order valence-corrected chi connectivity index (χ4v) is 2.56. The molecule has 0 aliphatic rings. The molecule has 4 N–H and O–H groups in total. The van der Waals surface area contributed by atoms with Gasteiger partial charge in [-0.3, -0.25) is 9.59 Å². The van der Waals surface area contributed by atoms with Gasteiger partial charge in [-0.15, -0.1) is 0 Å². The van der Waals surface area contributed by atoms with Crippen molar-refractivity contribution < 1.29 is 9.59 Å². The molecule has 0 bridgehead atoms. The van der Waals surface area contributed by atoms with Gasteiger partial charge < -0.3 is 16.4 Å². The van der Waals surface area contributed by atoms with E-state index in [1.165, 1.54) is 5.56 Å². The van der Waals surface area contributed by atoms with Crippen molar-refractivity contribution >= 4 is 17.5 Å². The third-order valence-electron chi connectivity index (χ3n) is 4.23. The number of primary amides is 1. The van der Waals surface area contributed by atoms with Crippen molar-refractivity contribution in [2.24, 2.45) is 5.73 Å². The highest BCUT2D eigenvalue weighted by Gasteiger charge is 2.10. The average molecular weight is 339 g/mol. The fraction of sp³-hybridized carbons (Fsp3) is 0.300. The first-order chi connectivity index (χ1) is 11.9. The number of nitrogens with two attached hydrogens (primary N) is 1. The van der Waals surface area contributed by atoms with Gasteiger partial charge in [0, 0.05) is 11.3 Å². The summed E-state index contributed by atoms with van der Waals surface area (Å²) in [6.07, 6.45) is 0.995. The first-order valence-electron chi connectivity index (χ1n) is 8.43. The Kier molecular flexibility index (Phi) is 6.17.